The number of benzene rings is 1. The summed E-state index contributed by atoms with van der Waals surface area (Å²) in [6, 6.07) is 6.98. The number of carbonyl (C=O) groups is 3. The summed E-state index contributed by atoms with van der Waals surface area (Å²) >= 11 is 0. The zero-order chi connectivity index (χ0) is 19.6. The van der Waals surface area contributed by atoms with Gasteiger partial charge in [0.25, 0.3) is 5.91 Å². The van der Waals surface area contributed by atoms with Gasteiger partial charge in [-0.2, -0.15) is 0 Å². The van der Waals surface area contributed by atoms with E-state index in [2.05, 4.69) is 10.6 Å². The molecule has 1 fully saturated rings. The molecule has 1 aliphatic rings. The van der Waals surface area contributed by atoms with Crippen LogP contribution in [0.1, 0.15) is 51.0 Å². The minimum Gasteiger partial charge on any atom is -0.496 e. The molecule has 0 bridgehead atoms. The number of hydrogen-bond donors (Lipinski definition) is 2. The van der Waals surface area contributed by atoms with E-state index in [1.807, 2.05) is 24.3 Å². The monoisotopic (exact) mass is 376 g/mol. The van der Waals surface area contributed by atoms with Crippen molar-refractivity contribution in [1.82, 2.24) is 10.6 Å². The second-order valence-electron chi connectivity index (χ2n) is 6.74. The Bertz CT molecular complexity index is 656. The number of carbonyl (C=O) groups excluding carboxylic acids is 3. The predicted octanol–water partition coefficient (Wildman–Crippen LogP) is 2.72. The topological polar surface area (TPSA) is 93.7 Å². The number of ether oxygens (including phenoxy) is 2. The third kappa shape index (κ3) is 6.92. The van der Waals surface area contributed by atoms with Crippen LogP contribution in [0.15, 0.2) is 24.3 Å². The van der Waals surface area contributed by atoms with E-state index in [4.69, 9.17) is 9.47 Å². The number of methoxy groups -OCH3 is 1. The van der Waals surface area contributed by atoms with Crippen molar-refractivity contribution in [2.24, 2.45) is 0 Å². The summed E-state index contributed by atoms with van der Waals surface area (Å²) in [6.45, 7) is 1.45. The van der Waals surface area contributed by atoms with Gasteiger partial charge in [0.15, 0.2) is 6.10 Å². The lowest BCUT2D eigenvalue weighted by atomic mass is 9.96. The lowest BCUT2D eigenvalue weighted by molar-refractivity contribution is -0.154. The molecule has 7 heteroatoms. The average molecular weight is 376 g/mol. The first-order valence-electron chi connectivity index (χ1n) is 9.42. The second kappa shape index (κ2) is 10.5. The molecular weight excluding hydrogens is 348 g/mol. The highest BCUT2D eigenvalue weighted by atomic mass is 16.5. The minimum absolute atomic E-state index is 0.102. The number of imide groups is 1. The van der Waals surface area contributed by atoms with Crippen molar-refractivity contribution in [2.45, 2.75) is 64.0 Å². The van der Waals surface area contributed by atoms with Gasteiger partial charge in [0, 0.05) is 12.5 Å². The molecule has 3 amide bonds. The molecule has 1 aromatic rings. The van der Waals surface area contributed by atoms with E-state index in [-0.39, 0.29) is 12.5 Å². The highest BCUT2D eigenvalue weighted by molar-refractivity contribution is 5.97. The Kier molecular flexibility index (Phi) is 8.10. The Labute approximate surface area is 159 Å². The largest absolute Gasteiger partial charge is 0.496 e. The van der Waals surface area contributed by atoms with E-state index in [0.717, 1.165) is 31.2 Å². The minimum atomic E-state index is -1.03. The van der Waals surface area contributed by atoms with Gasteiger partial charge in [-0.1, -0.05) is 37.5 Å². The van der Waals surface area contributed by atoms with E-state index in [1.165, 1.54) is 13.3 Å². The fourth-order valence-electron chi connectivity index (χ4n) is 3.14. The van der Waals surface area contributed by atoms with Crippen LogP contribution in [-0.4, -0.2) is 37.2 Å². The standard InChI is InChI=1S/C20H28N2O5/c1-14(19(24)22-20(25)21-16-9-4-3-5-10-16)27-18(23)13-12-15-8-6-7-11-17(15)26-2/h6-8,11,14,16H,3-5,9-10,12-13H2,1-2H3,(H2,21,22,24,25)/t14-/m0/s1. The van der Waals surface area contributed by atoms with E-state index in [9.17, 15) is 14.4 Å². The molecule has 7 nitrogen and oxygen atoms in total. The number of rotatable bonds is 7. The molecule has 1 saturated carbocycles. The maximum atomic E-state index is 12.0. The molecule has 0 saturated heterocycles. The van der Waals surface area contributed by atoms with Crippen LogP contribution in [0.5, 0.6) is 5.75 Å². The number of hydrogen-bond acceptors (Lipinski definition) is 5. The molecule has 0 aliphatic heterocycles. The van der Waals surface area contributed by atoms with E-state index < -0.39 is 24.0 Å². The maximum Gasteiger partial charge on any atom is 0.321 e. The van der Waals surface area contributed by atoms with Crippen LogP contribution in [0.3, 0.4) is 0 Å². The maximum absolute atomic E-state index is 12.0. The van der Waals surface area contributed by atoms with E-state index >= 15 is 0 Å². The van der Waals surface area contributed by atoms with Gasteiger partial charge >= 0.3 is 12.0 Å². The zero-order valence-corrected chi connectivity index (χ0v) is 16.0. The fourth-order valence-corrected chi connectivity index (χ4v) is 3.14. The lowest BCUT2D eigenvalue weighted by Crippen LogP contribution is -2.48. The molecule has 1 aliphatic carbocycles. The number of para-hydroxylation sites is 1. The van der Waals surface area contributed by atoms with Gasteiger partial charge in [-0.15, -0.1) is 0 Å². The van der Waals surface area contributed by atoms with Gasteiger partial charge in [0.1, 0.15) is 5.75 Å². The molecule has 27 heavy (non-hydrogen) atoms. The summed E-state index contributed by atoms with van der Waals surface area (Å²) in [5.74, 6) is -0.430. The van der Waals surface area contributed by atoms with Crippen molar-refractivity contribution in [3.8, 4) is 5.75 Å². The van der Waals surface area contributed by atoms with Crippen LogP contribution in [0.4, 0.5) is 4.79 Å². The molecule has 1 aromatic carbocycles. The Hall–Kier alpha value is -2.57. The van der Waals surface area contributed by atoms with Crippen LogP contribution >= 0.6 is 0 Å². The van der Waals surface area contributed by atoms with Crippen LogP contribution in [0, 0.1) is 0 Å². The number of nitrogens with one attached hydrogen (secondary N) is 2. The SMILES string of the molecule is COc1ccccc1CCC(=O)O[C@@H](C)C(=O)NC(=O)NC1CCCCC1. The molecule has 148 valence electrons. The molecule has 2 N–H and O–H groups in total. The molecule has 0 spiro atoms. The van der Waals surface area contributed by atoms with Crippen molar-refractivity contribution in [3.63, 3.8) is 0 Å². The van der Waals surface area contributed by atoms with Crippen molar-refractivity contribution in [1.29, 1.82) is 0 Å². The Morgan fingerprint density at radius 3 is 2.56 bits per heavy atom. The smallest absolute Gasteiger partial charge is 0.321 e. The molecule has 2 rings (SSSR count). The summed E-state index contributed by atoms with van der Waals surface area (Å²) in [6.07, 6.45) is 4.72. The van der Waals surface area contributed by atoms with Gasteiger partial charge < -0.3 is 14.8 Å². The van der Waals surface area contributed by atoms with Gasteiger partial charge in [-0.25, -0.2) is 4.79 Å². The Balaban J connectivity index is 1.72. The van der Waals surface area contributed by atoms with E-state index in [1.54, 1.807) is 7.11 Å². The summed E-state index contributed by atoms with van der Waals surface area (Å²) in [7, 11) is 1.57. The molecule has 0 radical (unpaired) electrons. The predicted molar refractivity (Wildman–Crippen MR) is 100 cm³/mol. The van der Waals surface area contributed by atoms with Crippen LogP contribution in [-0.2, 0) is 20.7 Å². The first-order chi connectivity index (χ1) is 13.0. The van der Waals surface area contributed by atoms with Gasteiger partial charge in [0.05, 0.1) is 7.11 Å². The van der Waals surface area contributed by atoms with Gasteiger partial charge in [-0.3, -0.25) is 14.9 Å². The molecule has 0 aromatic heterocycles. The summed E-state index contributed by atoms with van der Waals surface area (Å²) in [5, 5.41) is 5.03. The third-order valence-corrected chi connectivity index (χ3v) is 4.65. The Morgan fingerprint density at radius 1 is 1.15 bits per heavy atom. The summed E-state index contributed by atoms with van der Waals surface area (Å²) in [5.41, 5.74) is 0.890. The second-order valence-corrected chi connectivity index (χ2v) is 6.74. The number of esters is 1. The quantitative estimate of drug-likeness (QED) is 0.714. The highest BCUT2D eigenvalue weighted by Gasteiger charge is 2.22. The van der Waals surface area contributed by atoms with E-state index in [0.29, 0.717) is 12.2 Å². The first-order valence-corrected chi connectivity index (χ1v) is 9.42. The van der Waals surface area contributed by atoms with Crippen LogP contribution < -0.4 is 15.4 Å². The highest BCUT2D eigenvalue weighted by Crippen LogP contribution is 2.19. The van der Waals surface area contributed by atoms with Crippen LogP contribution in [0.2, 0.25) is 0 Å². The summed E-state index contributed by atoms with van der Waals surface area (Å²) < 4.78 is 10.4. The molecule has 1 atom stereocenters. The first kappa shape index (κ1) is 20.7. The normalized spacial score (nSPS) is 15.5. The zero-order valence-electron chi connectivity index (χ0n) is 16.0. The fraction of sp³-hybridized carbons (Fsp3) is 0.550. The lowest BCUT2D eigenvalue weighted by Gasteiger charge is -2.23. The van der Waals surface area contributed by atoms with Crippen molar-refractivity contribution >= 4 is 17.9 Å². The number of amides is 3. The number of aryl methyl sites for hydroxylation is 1. The van der Waals surface area contributed by atoms with Gasteiger partial charge in [0.2, 0.25) is 0 Å². The molecule has 0 unspecified atom stereocenters. The van der Waals surface area contributed by atoms with Crippen molar-refractivity contribution < 1.29 is 23.9 Å². The molecule has 0 heterocycles. The number of urea groups is 1. The third-order valence-electron chi connectivity index (χ3n) is 4.65. The average Bonchev–Trinajstić information content (AvgIpc) is 2.67. The molecular formula is C20H28N2O5. The van der Waals surface area contributed by atoms with Crippen molar-refractivity contribution in [3.05, 3.63) is 29.8 Å². The summed E-state index contributed by atoms with van der Waals surface area (Å²) in [4.78, 5) is 35.9. The Morgan fingerprint density at radius 2 is 1.85 bits per heavy atom. The van der Waals surface area contributed by atoms with Crippen molar-refractivity contribution in [2.75, 3.05) is 7.11 Å². The van der Waals surface area contributed by atoms with Gasteiger partial charge in [-0.05, 0) is 37.8 Å². The van der Waals surface area contributed by atoms with Crippen LogP contribution in [0.25, 0.3) is 0 Å².